The smallest absolute Gasteiger partial charge is 0.0621 e. The molecule has 15 heavy (non-hydrogen) atoms. The van der Waals surface area contributed by atoms with Gasteiger partial charge in [0.1, 0.15) is 0 Å². The Kier molecular flexibility index (Phi) is 3.61. The summed E-state index contributed by atoms with van der Waals surface area (Å²) >= 11 is 0. The first-order chi connectivity index (χ1) is 7.16. The van der Waals surface area contributed by atoms with Crippen molar-refractivity contribution < 1.29 is 4.74 Å². The second kappa shape index (κ2) is 4.78. The van der Waals surface area contributed by atoms with E-state index in [0.29, 0.717) is 5.92 Å². The zero-order chi connectivity index (χ0) is 10.8. The van der Waals surface area contributed by atoms with Crippen molar-refractivity contribution in [1.82, 2.24) is 9.80 Å². The molecule has 0 aliphatic carbocycles. The number of likely N-dealkylation sites (N-methyl/N-ethyl adjacent to an activating group) is 1. The number of ether oxygens (including phenoxy) is 1. The molecule has 2 heterocycles. The molecule has 2 saturated heterocycles. The number of nitrogens with two attached hydrogens (primary N) is 1. The van der Waals surface area contributed by atoms with Gasteiger partial charge in [-0.15, -0.1) is 0 Å². The molecule has 2 N–H and O–H groups in total. The Balaban J connectivity index is 1.77. The quantitative estimate of drug-likeness (QED) is 0.692. The van der Waals surface area contributed by atoms with Gasteiger partial charge in [-0.1, -0.05) is 0 Å². The molecule has 0 aromatic carbocycles. The maximum Gasteiger partial charge on any atom is 0.0621 e. The maximum atomic E-state index is 5.99. The van der Waals surface area contributed by atoms with Gasteiger partial charge in [0.25, 0.3) is 0 Å². The second-order valence-corrected chi connectivity index (χ2v) is 5.13. The van der Waals surface area contributed by atoms with Crippen molar-refractivity contribution in [2.24, 2.45) is 11.7 Å². The minimum absolute atomic E-state index is 0.253. The number of hydrogen-bond donors (Lipinski definition) is 1. The van der Waals surface area contributed by atoms with Crippen molar-refractivity contribution in [3.63, 3.8) is 0 Å². The van der Waals surface area contributed by atoms with Crippen LogP contribution in [-0.2, 0) is 4.74 Å². The van der Waals surface area contributed by atoms with Crippen LogP contribution in [0.3, 0.4) is 0 Å². The molecule has 3 atom stereocenters. The molecule has 88 valence electrons. The van der Waals surface area contributed by atoms with Crippen LogP contribution in [0.25, 0.3) is 0 Å². The van der Waals surface area contributed by atoms with Gasteiger partial charge in [-0.05, 0) is 27.1 Å². The highest BCUT2D eigenvalue weighted by atomic mass is 16.5. The molecular weight excluding hydrogens is 190 g/mol. The van der Waals surface area contributed by atoms with Gasteiger partial charge in [-0.3, -0.25) is 0 Å². The zero-order valence-electron chi connectivity index (χ0n) is 9.85. The van der Waals surface area contributed by atoms with Crippen molar-refractivity contribution in [1.29, 1.82) is 0 Å². The lowest BCUT2D eigenvalue weighted by Gasteiger charge is -2.23. The lowest BCUT2D eigenvalue weighted by Crippen LogP contribution is -2.39. The van der Waals surface area contributed by atoms with Gasteiger partial charge in [0.15, 0.2) is 0 Å². The third-order valence-corrected chi connectivity index (χ3v) is 3.72. The van der Waals surface area contributed by atoms with E-state index in [1.165, 1.54) is 19.5 Å². The SMILES string of the molecule is CN(C)C1CCN(CC2COCC2N)C1. The van der Waals surface area contributed by atoms with Gasteiger partial charge in [0, 0.05) is 31.1 Å². The van der Waals surface area contributed by atoms with E-state index in [1.54, 1.807) is 0 Å². The first-order valence-corrected chi connectivity index (χ1v) is 5.89. The largest absolute Gasteiger partial charge is 0.379 e. The van der Waals surface area contributed by atoms with Crippen molar-refractivity contribution >= 4 is 0 Å². The van der Waals surface area contributed by atoms with Crippen molar-refractivity contribution in [2.75, 3.05) is 46.9 Å². The van der Waals surface area contributed by atoms with Crippen molar-refractivity contribution in [2.45, 2.75) is 18.5 Å². The summed E-state index contributed by atoms with van der Waals surface area (Å²) in [7, 11) is 4.33. The van der Waals surface area contributed by atoms with E-state index in [4.69, 9.17) is 10.5 Å². The molecule has 0 bridgehead atoms. The molecule has 2 aliphatic rings. The van der Waals surface area contributed by atoms with Crippen LogP contribution in [0.15, 0.2) is 0 Å². The van der Waals surface area contributed by atoms with Crippen molar-refractivity contribution in [3.05, 3.63) is 0 Å². The van der Waals surface area contributed by atoms with Gasteiger partial charge >= 0.3 is 0 Å². The minimum Gasteiger partial charge on any atom is -0.379 e. The van der Waals surface area contributed by atoms with Gasteiger partial charge in [-0.2, -0.15) is 0 Å². The lowest BCUT2D eigenvalue weighted by molar-refractivity contribution is 0.171. The molecule has 0 aromatic rings. The Morgan fingerprint density at radius 3 is 2.73 bits per heavy atom. The Morgan fingerprint density at radius 1 is 1.40 bits per heavy atom. The first kappa shape index (κ1) is 11.3. The van der Waals surface area contributed by atoms with Crippen LogP contribution in [0.4, 0.5) is 0 Å². The van der Waals surface area contributed by atoms with Crippen LogP contribution in [0.5, 0.6) is 0 Å². The van der Waals surface area contributed by atoms with Crippen LogP contribution in [0.1, 0.15) is 6.42 Å². The van der Waals surface area contributed by atoms with E-state index in [1.807, 2.05) is 0 Å². The summed E-state index contributed by atoms with van der Waals surface area (Å²) in [4.78, 5) is 4.86. The highest BCUT2D eigenvalue weighted by Gasteiger charge is 2.30. The monoisotopic (exact) mass is 213 g/mol. The summed E-state index contributed by atoms with van der Waals surface area (Å²) in [5.74, 6) is 0.547. The fourth-order valence-corrected chi connectivity index (χ4v) is 2.53. The summed E-state index contributed by atoms with van der Waals surface area (Å²) in [5.41, 5.74) is 5.99. The molecule has 0 saturated carbocycles. The normalized spacial score (nSPS) is 38.0. The van der Waals surface area contributed by atoms with E-state index < -0.39 is 0 Å². The lowest BCUT2D eigenvalue weighted by atomic mass is 10.0. The summed E-state index contributed by atoms with van der Waals surface area (Å²) in [5, 5.41) is 0. The van der Waals surface area contributed by atoms with E-state index in [0.717, 1.165) is 25.8 Å². The Morgan fingerprint density at radius 2 is 2.20 bits per heavy atom. The molecule has 3 unspecified atom stereocenters. The summed E-state index contributed by atoms with van der Waals surface area (Å²) in [6.45, 7) is 5.12. The second-order valence-electron chi connectivity index (χ2n) is 5.13. The van der Waals surface area contributed by atoms with E-state index in [-0.39, 0.29) is 6.04 Å². The van der Waals surface area contributed by atoms with Crippen LogP contribution >= 0.6 is 0 Å². The van der Waals surface area contributed by atoms with Gasteiger partial charge in [0.2, 0.25) is 0 Å². The Labute approximate surface area is 92.4 Å². The third kappa shape index (κ3) is 2.69. The first-order valence-electron chi connectivity index (χ1n) is 5.89. The third-order valence-electron chi connectivity index (χ3n) is 3.72. The minimum atomic E-state index is 0.253. The predicted octanol–water partition coefficient (Wildman–Crippen LogP) is -0.404. The highest BCUT2D eigenvalue weighted by molar-refractivity contribution is 4.86. The average molecular weight is 213 g/mol. The van der Waals surface area contributed by atoms with Crippen molar-refractivity contribution in [3.8, 4) is 0 Å². The molecular formula is C11H23N3O. The highest BCUT2D eigenvalue weighted by Crippen LogP contribution is 2.18. The average Bonchev–Trinajstić information content (AvgIpc) is 2.77. The van der Waals surface area contributed by atoms with Crippen LogP contribution in [0, 0.1) is 5.92 Å². The summed E-state index contributed by atoms with van der Waals surface area (Å²) < 4.78 is 5.39. The molecule has 0 spiro atoms. The Bertz CT molecular complexity index is 210. The molecule has 2 rings (SSSR count). The fourth-order valence-electron chi connectivity index (χ4n) is 2.53. The standard InChI is InChI=1S/C11H23N3O/c1-13(2)10-3-4-14(6-10)5-9-7-15-8-11(9)12/h9-11H,3-8,12H2,1-2H3. The number of likely N-dealkylation sites (tertiary alicyclic amines) is 1. The van der Waals surface area contributed by atoms with Crippen LogP contribution in [-0.4, -0.2) is 68.8 Å². The fraction of sp³-hybridized carbons (Fsp3) is 1.00. The molecule has 2 fully saturated rings. The molecule has 4 nitrogen and oxygen atoms in total. The number of hydrogen-bond acceptors (Lipinski definition) is 4. The number of nitrogens with zero attached hydrogens (tertiary/aromatic N) is 2. The molecule has 4 heteroatoms. The maximum absolute atomic E-state index is 5.99. The van der Waals surface area contributed by atoms with Gasteiger partial charge < -0.3 is 20.3 Å². The molecule has 0 radical (unpaired) electrons. The molecule has 0 amide bonds. The summed E-state index contributed by atoms with van der Waals surface area (Å²) in [6, 6.07) is 0.979. The molecule has 2 aliphatic heterocycles. The van der Waals surface area contributed by atoms with Gasteiger partial charge in [0.05, 0.1) is 13.2 Å². The predicted molar refractivity (Wildman–Crippen MR) is 60.8 cm³/mol. The topological polar surface area (TPSA) is 41.7 Å². The van der Waals surface area contributed by atoms with E-state index in [2.05, 4.69) is 23.9 Å². The molecule has 0 aromatic heterocycles. The van der Waals surface area contributed by atoms with E-state index in [9.17, 15) is 0 Å². The number of rotatable bonds is 3. The zero-order valence-corrected chi connectivity index (χ0v) is 9.85. The Hall–Kier alpha value is -0.160. The van der Waals surface area contributed by atoms with Gasteiger partial charge in [-0.25, -0.2) is 0 Å². The van der Waals surface area contributed by atoms with E-state index >= 15 is 0 Å². The summed E-state index contributed by atoms with van der Waals surface area (Å²) in [6.07, 6.45) is 1.29. The van der Waals surface area contributed by atoms with Crippen LogP contribution in [0.2, 0.25) is 0 Å². The van der Waals surface area contributed by atoms with Crippen LogP contribution < -0.4 is 5.73 Å².